The predicted molar refractivity (Wildman–Crippen MR) is 56.3 cm³/mol. The first-order valence-corrected chi connectivity index (χ1v) is 4.53. The Labute approximate surface area is 91.5 Å². The molecule has 6 N–H and O–H groups in total. The topological polar surface area (TPSA) is 127 Å². The molecule has 86 valence electrons. The number of hydrogen-bond acceptors (Lipinski definition) is 4. The van der Waals surface area contributed by atoms with Gasteiger partial charge in [0.1, 0.15) is 0 Å². The van der Waals surface area contributed by atoms with E-state index in [9.17, 15) is 9.59 Å². The quantitative estimate of drug-likeness (QED) is 0.572. The van der Waals surface area contributed by atoms with Crippen molar-refractivity contribution in [3.63, 3.8) is 0 Å². The maximum Gasteiger partial charge on any atom is 0.336 e. The van der Waals surface area contributed by atoms with E-state index >= 15 is 0 Å². The van der Waals surface area contributed by atoms with Crippen molar-refractivity contribution in [2.45, 2.75) is 6.04 Å². The fourth-order valence-corrected chi connectivity index (χ4v) is 1.29. The lowest BCUT2D eigenvalue weighted by Gasteiger charge is -2.11. The first kappa shape index (κ1) is 12.2. The second-order valence-corrected chi connectivity index (χ2v) is 3.26. The molecule has 6 nitrogen and oxygen atoms in total. The zero-order valence-electron chi connectivity index (χ0n) is 8.38. The molecule has 0 aliphatic carbocycles. The molecule has 1 aromatic rings. The number of rotatable bonds is 4. The van der Waals surface area contributed by atoms with Crippen LogP contribution in [0.25, 0.3) is 0 Å². The van der Waals surface area contributed by atoms with Gasteiger partial charge in [-0.15, -0.1) is 0 Å². The van der Waals surface area contributed by atoms with Gasteiger partial charge in [-0.2, -0.15) is 0 Å². The summed E-state index contributed by atoms with van der Waals surface area (Å²) in [5, 5.41) is 17.6. The average Bonchev–Trinajstić information content (AvgIpc) is 2.26. The number of nitrogens with two attached hydrogens (primary N) is 2. The largest absolute Gasteiger partial charge is 0.478 e. The van der Waals surface area contributed by atoms with Crippen LogP contribution >= 0.6 is 0 Å². The summed E-state index contributed by atoms with van der Waals surface area (Å²) in [4.78, 5) is 21.6. The van der Waals surface area contributed by atoms with Gasteiger partial charge < -0.3 is 21.7 Å². The Kier molecular flexibility index (Phi) is 3.60. The van der Waals surface area contributed by atoms with Gasteiger partial charge in [0.05, 0.1) is 11.1 Å². The molecular weight excluding hydrogens is 212 g/mol. The van der Waals surface area contributed by atoms with Crippen LogP contribution in [0.2, 0.25) is 0 Å². The summed E-state index contributed by atoms with van der Waals surface area (Å²) >= 11 is 0. The lowest BCUT2D eigenvalue weighted by atomic mass is 10.00. The van der Waals surface area contributed by atoms with Crippen LogP contribution in [0.4, 0.5) is 0 Å². The molecule has 1 unspecified atom stereocenters. The summed E-state index contributed by atoms with van der Waals surface area (Å²) in [5.41, 5.74) is 10.9. The number of carbonyl (C=O) groups is 2. The summed E-state index contributed by atoms with van der Waals surface area (Å²) in [6.45, 7) is 0.158. The van der Waals surface area contributed by atoms with E-state index in [1.165, 1.54) is 18.2 Å². The summed E-state index contributed by atoms with van der Waals surface area (Å²) < 4.78 is 0. The third-order valence-corrected chi connectivity index (χ3v) is 2.19. The van der Waals surface area contributed by atoms with Gasteiger partial charge in [-0.05, 0) is 17.7 Å². The molecule has 0 aliphatic heterocycles. The summed E-state index contributed by atoms with van der Waals surface area (Å²) in [6.07, 6.45) is 0. The van der Waals surface area contributed by atoms with E-state index in [4.69, 9.17) is 21.7 Å². The highest BCUT2D eigenvalue weighted by Crippen LogP contribution is 2.16. The number of aromatic carboxylic acids is 2. The Morgan fingerprint density at radius 2 is 1.75 bits per heavy atom. The molecule has 0 radical (unpaired) electrons. The van der Waals surface area contributed by atoms with Gasteiger partial charge in [-0.1, -0.05) is 6.07 Å². The Bertz CT molecular complexity index is 431. The van der Waals surface area contributed by atoms with Gasteiger partial charge >= 0.3 is 11.9 Å². The van der Waals surface area contributed by atoms with E-state index in [0.29, 0.717) is 5.56 Å². The van der Waals surface area contributed by atoms with Crippen molar-refractivity contribution in [2.75, 3.05) is 6.54 Å². The van der Waals surface area contributed by atoms with Crippen LogP contribution < -0.4 is 11.5 Å². The summed E-state index contributed by atoms with van der Waals surface area (Å²) in [6, 6.07) is 3.42. The van der Waals surface area contributed by atoms with Gasteiger partial charge in [0.25, 0.3) is 0 Å². The fraction of sp³-hybridized carbons (Fsp3) is 0.200. The molecule has 0 saturated heterocycles. The van der Waals surface area contributed by atoms with Crippen LogP contribution in [0.3, 0.4) is 0 Å². The number of hydrogen-bond donors (Lipinski definition) is 4. The molecule has 0 aliphatic rings. The Balaban J connectivity index is 3.28. The number of benzene rings is 1. The monoisotopic (exact) mass is 224 g/mol. The second-order valence-electron chi connectivity index (χ2n) is 3.26. The molecule has 0 spiro atoms. The van der Waals surface area contributed by atoms with E-state index in [1.807, 2.05) is 0 Å². The molecule has 0 heterocycles. The lowest BCUT2D eigenvalue weighted by Crippen LogP contribution is -2.21. The molecular formula is C10H12N2O4. The van der Waals surface area contributed by atoms with Crippen molar-refractivity contribution in [1.82, 2.24) is 0 Å². The average molecular weight is 224 g/mol. The van der Waals surface area contributed by atoms with Crippen LogP contribution in [-0.4, -0.2) is 28.7 Å². The third-order valence-electron chi connectivity index (χ3n) is 2.19. The lowest BCUT2D eigenvalue weighted by molar-refractivity contribution is 0.0651. The van der Waals surface area contributed by atoms with E-state index in [0.717, 1.165) is 0 Å². The first-order chi connectivity index (χ1) is 7.47. The van der Waals surface area contributed by atoms with Gasteiger partial charge in [-0.25, -0.2) is 9.59 Å². The summed E-state index contributed by atoms with van der Waals surface area (Å²) in [5.74, 6) is -2.59. The normalized spacial score (nSPS) is 12.1. The van der Waals surface area contributed by atoms with Crippen molar-refractivity contribution < 1.29 is 19.8 Å². The molecule has 0 aromatic heterocycles. The van der Waals surface area contributed by atoms with Crippen molar-refractivity contribution in [3.8, 4) is 0 Å². The smallest absolute Gasteiger partial charge is 0.336 e. The molecule has 6 heteroatoms. The predicted octanol–water partition coefficient (Wildman–Crippen LogP) is 0.0415. The van der Waals surface area contributed by atoms with Gasteiger partial charge in [0.15, 0.2) is 0 Å². The highest BCUT2D eigenvalue weighted by Gasteiger charge is 2.17. The highest BCUT2D eigenvalue weighted by molar-refractivity contribution is 6.01. The minimum atomic E-state index is -1.30. The Morgan fingerprint density at radius 1 is 1.19 bits per heavy atom. The molecule has 0 bridgehead atoms. The number of carboxylic acid groups (broad SMARTS) is 2. The standard InChI is InChI=1S/C10H12N2O4/c11-4-8(12)5-1-2-6(9(13)14)7(3-5)10(15)16/h1-3,8H,4,11-12H2,(H,13,14)(H,15,16). The highest BCUT2D eigenvalue weighted by atomic mass is 16.4. The van der Waals surface area contributed by atoms with Crippen LogP contribution in [-0.2, 0) is 0 Å². The number of carboxylic acids is 2. The van der Waals surface area contributed by atoms with Crippen molar-refractivity contribution in [1.29, 1.82) is 0 Å². The SMILES string of the molecule is NCC(N)c1ccc(C(=O)O)c(C(=O)O)c1. The van der Waals surface area contributed by atoms with Crippen LogP contribution in [0.5, 0.6) is 0 Å². The van der Waals surface area contributed by atoms with Crippen molar-refractivity contribution in [3.05, 3.63) is 34.9 Å². The zero-order valence-corrected chi connectivity index (χ0v) is 8.38. The molecule has 1 rings (SSSR count). The minimum absolute atomic E-state index is 0.158. The van der Waals surface area contributed by atoms with E-state index in [2.05, 4.69) is 0 Å². The van der Waals surface area contributed by atoms with Crippen LogP contribution in [0.15, 0.2) is 18.2 Å². The van der Waals surface area contributed by atoms with E-state index in [-0.39, 0.29) is 17.7 Å². The molecule has 0 fully saturated rings. The maximum absolute atomic E-state index is 10.9. The molecule has 1 atom stereocenters. The zero-order chi connectivity index (χ0) is 12.3. The van der Waals surface area contributed by atoms with Crippen LogP contribution in [0.1, 0.15) is 32.3 Å². The van der Waals surface area contributed by atoms with Crippen molar-refractivity contribution in [2.24, 2.45) is 11.5 Å². The maximum atomic E-state index is 10.9. The molecule has 1 aromatic carbocycles. The minimum Gasteiger partial charge on any atom is -0.478 e. The van der Waals surface area contributed by atoms with Crippen molar-refractivity contribution >= 4 is 11.9 Å². The van der Waals surface area contributed by atoms with E-state index < -0.39 is 18.0 Å². The second kappa shape index (κ2) is 4.73. The fourth-order valence-electron chi connectivity index (χ4n) is 1.29. The van der Waals surface area contributed by atoms with Gasteiger partial charge in [0.2, 0.25) is 0 Å². The van der Waals surface area contributed by atoms with Crippen LogP contribution in [0, 0.1) is 0 Å². The first-order valence-electron chi connectivity index (χ1n) is 4.53. The third kappa shape index (κ3) is 2.36. The summed E-state index contributed by atoms with van der Waals surface area (Å²) in [7, 11) is 0. The Hall–Kier alpha value is -1.92. The Morgan fingerprint density at radius 3 is 2.19 bits per heavy atom. The molecule has 0 saturated carbocycles. The molecule has 16 heavy (non-hydrogen) atoms. The van der Waals surface area contributed by atoms with E-state index in [1.54, 1.807) is 0 Å². The molecule has 0 amide bonds. The van der Waals surface area contributed by atoms with Gasteiger partial charge in [0, 0.05) is 12.6 Å². The van der Waals surface area contributed by atoms with Gasteiger partial charge in [-0.3, -0.25) is 0 Å².